The zero-order valence-electron chi connectivity index (χ0n) is 11.0. The Hall–Kier alpha value is -1.85. The van der Waals surface area contributed by atoms with Crippen molar-refractivity contribution in [1.29, 1.82) is 0 Å². The number of nitrogens with zero attached hydrogens (tertiary/aromatic N) is 1. The molecular weight excluding hydrogens is 248 g/mol. The Morgan fingerprint density at radius 3 is 2.74 bits per heavy atom. The van der Waals surface area contributed by atoms with Gasteiger partial charge in [0.05, 0.1) is 6.42 Å². The molecule has 1 amide bonds. The van der Waals surface area contributed by atoms with Crippen LogP contribution >= 0.6 is 0 Å². The number of carboxylic acids is 1. The van der Waals surface area contributed by atoms with Gasteiger partial charge in [0.25, 0.3) is 5.91 Å². The molecule has 6 nitrogen and oxygen atoms in total. The Kier molecular flexibility index (Phi) is 3.87. The van der Waals surface area contributed by atoms with Gasteiger partial charge in [0, 0.05) is 18.0 Å². The zero-order chi connectivity index (χ0) is 14.0. The summed E-state index contributed by atoms with van der Waals surface area (Å²) in [5.41, 5.74) is 0.220. The molecule has 1 heterocycles. The Morgan fingerprint density at radius 1 is 1.53 bits per heavy atom. The van der Waals surface area contributed by atoms with Crippen LogP contribution in [0.3, 0.4) is 0 Å². The second-order valence-corrected chi connectivity index (χ2v) is 5.31. The number of amides is 1. The highest BCUT2D eigenvalue weighted by Gasteiger charge is 2.29. The van der Waals surface area contributed by atoms with E-state index in [1.165, 1.54) is 0 Å². The first kappa shape index (κ1) is 13.6. The van der Waals surface area contributed by atoms with Crippen molar-refractivity contribution in [1.82, 2.24) is 10.5 Å². The van der Waals surface area contributed by atoms with Gasteiger partial charge in [-0.25, -0.2) is 0 Å². The van der Waals surface area contributed by atoms with E-state index in [-0.39, 0.29) is 23.9 Å². The largest absolute Gasteiger partial charge is 0.481 e. The lowest BCUT2D eigenvalue weighted by molar-refractivity contribution is -0.137. The van der Waals surface area contributed by atoms with E-state index >= 15 is 0 Å². The van der Waals surface area contributed by atoms with Crippen molar-refractivity contribution in [2.75, 3.05) is 0 Å². The Bertz CT molecular complexity index is 477. The van der Waals surface area contributed by atoms with Gasteiger partial charge in [-0.2, -0.15) is 0 Å². The molecule has 1 fully saturated rings. The monoisotopic (exact) mass is 266 g/mol. The van der Waals surface area contributed by atoms with Gasteiger partial charge >= 0.3 is 5.97 Å². The summed E-state index contributed by atoms with van der Waals surface area (Å²) in [6.45, 7) is 3.73. The van der Waals surface area contributed by atoms with Crippen molar-refractivity contribution in [2.45, 2.75) is 45.1 Å². The predicted octanol–water partition coefficient (Wildman–Crippen LogP) is 1.78. The molecule has 1 atom stereocenters. The van der Waals surface area contributed by atoms with Crippen molar-refractivity contribution >= 4 is 11.9 Å². The highest BCUT2D eigenvalue weighted by atomic mass is 16.5. The van der Waals surface area contributed by atoms with E-state index in [1.54, 1.807) is 6.07 Å². The molecule has 0 radical (unpaired) electrons. The number of hydrogen-bond acceptors (Lipinski definition) is 4. The second kappa shape index (κ2) is 5.42. The maximum atomic E-state index is 12.0. The van der Waals surface area contributed by atoms with Crippen LogP contribution in [0.25, 0.3) is 0 Å². The average Bonchev–Trinajstić information content (AvgIpc) is 3.05. The number of nitrogens with one attached hydrogen (secondary N) is 1. The van der Waals surface area contributed by atoms with Gasteiger partial charge in [-0.1, -0.05) is 19.0 Å². The van der Waals surface area contributed by atoms with Crippen LogP contribution in [-0.4, -0.2) is 28.2 Å². The van der Waals surface area contributed by atoms with Gasteiger partial charge < -0.3 is 14.9 Å². The average molecular weight is 266 g/mol. The molecule has 19 heavy (non-hydrogen) atoms. The molecule has 0 aromatic carbocycles. The molecule has 6 heteroatoms. The van der Waals surface area contributed by atoms with Crippen molar-refractivity contribution in [2.24, 2.45) is 5.92 Å². The fourth-order valence-corrected chi connectivity index (χ4v) is 1.84. The fraction of sp³-hybridized carbons (Fsp3) is 0.615. The molecule has 1 aromatic heterocycles. The molecular formula is C13H18N2O4. The van der Waals surface area contributed by atoms with Crippen LogP contribution in [0, 0.1) is 5.92 Å². The van der Waals surface area contributed by atoms with Crippen molar-refractivity contribution in [3.63, 3.8) is 0 Å². The lowest BCUT2D eigenvalue weighted by atomic mass is 10.0. The molecule has 2 rings (SSSR count). The van der Waals surface area contributed by atoms with Gasteiger partial charge in [-0.15, -0.1) is 0 Å². The van der Waals surface area contributed by atoms with Gasteiger partial charge in [-0.05, 0) is 18.8 Å². The fourth-order valence-electron chi connectivity index (χ4n) is 1.84. The third-order valence-corrected chi connectivity index (χ3v) is 3.26. The number of carbonyl (C=O) groups excluding carboxylic acids is 1. The first-order valence-corrected chi connectivity index (χ1v) is 6.46. The minimum Gasteiger partial charge on any atom is -0.481 e. The Morgan fingerprint density at radius 2 is 2.21 bits per heavy atom. The van der Waals surface area contributed by atoms with Gasteiger partial charge in [-0.3, -0.25) is 9.59 Å². The number of hydrogen-bond donors (Lipinski definition) is 2. The summed E-state index contributed by atoms with van der Waals surface area (Å²) in [6.07, 6.45) is 2.05. The molecule has 1 aliphatic rings. The topological polar surface area (TPSA) is 92.4 Å². The standard InChI is InChI=1S/C13H18N2O4/c1-7(2)9(6-12(16)17)14-13(18)10-5-11(19-15-10)8-3-4-8/h5,7-9H,3-4,6H2,1-2H3,(H,14,18)(H,16,17). The highest BCUT2D eigenvalue weighted by molar-refractivity contribution is 5.92. The maximum absolute atomic E-state index is 12.0. The highest BCUT2D eigenvalue weighted by Crippen LogP contribution is 2.40. The SMILES string of the molecule is CC(C)C(CC(=O)O)NC(=O)c1cc(C2CC2)on1. The third-order valence-electron chi connectivity index (χ3n) is 3.26. The number of aromatic nitrogens is 1. The van der Waals surface area contributed by atoms with Crippen LogP contribution in [-0.2, 0) is 4.79 Å². The summed E-state index contributed by atoms with van der Waals surface area (Å²) >= 11 is 0. The van der Waals surface area contributed by atoms with Crippen LogP contribution in [0.1, 0.15) is 55.3 Å². The van der Waals surface area contributed by atoms with E-state index in [1.807, 2.05) is 13.8 Å². The molecule has 1 saturated carbocycles. The summed E-state index contributed by atoms with van der Waals surface area (Å²) in [4.78, 5) is 22.7. The van der Waals surface area contributed by atoms with Gasteiger partial charge in [0.15, 0.2) is 5.69 Å². The van der Waals surface area contributed by atoms with Gasteiger partial charge in [0.1, 0.15) is 5.76 Å². The van der Waals surface area contributed by atoms with Crippen molar-refractivity contribution in [3.8, 4) is 0 Å². The van der Waals surface area contributed by atoms with Crippen LogP contribution in [0.5, 0.6) is 0 Å². The normalized spacial score (nSPS) is 16.4. The molecule has 1 aliphatic carbocycles. The van der Waals surface area contributed by atoms with Crippen LogP contribution in [0.15, 0.2) is 10.6 Å². The van der Waals surface area contributed by atoms with Crippen LogP contribution < -0.4 is 5.32 Å². The molecule has 0 bridgehead atoms. The Balaban J connectivity index is 1.98. The third kappa shape index (κ3) is 3.56. The van der Waals surface area contributed by atoms with E-state index in [0.717, 1.165) is 18.6 Å². The maximum Gasteiger partial charge on any atom is 0.305 e. The Labute approximate surface area is 111 Å². The molecule has 2 N–H and O–H groups in total. The quantitative estimate of drug-likeness (QED) is 0.818. The molecule has 0 aliphatic heterocycles. The van der Waals surface area contributed by atoms with Gasteiger partial charge in [0.2, 0.25) is 0 Å². The molecule has 0 saturated heterocycles. The smallest absolute Gasteiger partial charge is 0.305 e. The van der Waals surface area contributed by atoms with E-state index in [4.69, 9.17) is 9.63 Å². The summed E-state index contributed by atoms with van der Waals surface area (Å²) < 4.78 is 5.11. The number of carboxylic acid groups (broad SMARTS) is 1. The molecule has 1 unspecified atom stereocenters. The number of aliphatic carboxylic acids is 1. The van der Waals surface area contributed by atoms with Crippen LogP contribution in [0.2, 0.25) is 0 Å². The van der Waals surface area contributed by atoms with E-state index < -0.39 is 12.0 Å². The summed E-state index contributed by atoms with van der Waals surface area (Å²) in [5, 5.41) is 15.2. The predicted molar refractivity (Wildman–Crippen MR) is 66.8 cm³/mol. The minimum absolute atomic E-state index is 0.0369. The second-order valence-electron chi connectivity index (χ2n) is 5.31. The molecule has 104 valence electrons. The zero-order valence-corrected chi connectivity index (χ0v) is 11.0. The summed E-state index contributed by atoms with van der Waals surface area (Å²) in [7, 11) is 0. The summed E-state index contributed by atoms with van der Waals surface area (Å²) in [5.74, 6) is -0.137. The minimum atomic E-state index is -0.933. The molecule has 0 spiro atoms. The first-order valence-electron chi connectivity index (χ1n) is 6.46. The van der Waals surface area contributed by atoms with Crippen molar-refractivity contribution < 1.29 is 19.2 Å². The number of carbonyl (C=O) groups is 2. The van der Waals surface area contributed by atoms with E-state index in [0.29, 0.717) is 5.92 Å². The van der Waals surface area contributed by atoms with E-state index in [9.17, 15) is 9.59 Å². The van der Waals surface area contributed by atoms with Crippen LogP contribution in [0.4, 0.5) is 0 Å². The number of rotatable bonds is 6. The lowest BCUT2D eigenvalue weighted by Crippen LogP contribution is -2.40. The first-order chi connectivity index (χ1) is 8.97. The summed E-state index contributed by atoms with van der Waals surface area (Å²) in [6, 6.07) is 1.23. The van der Waals surface area contributed by atoms with Crippen molar-refractivity contribution in [3.05, 3.63) is 17.5 Å². The lowest BCUT2D eigenvalue weighted by Gasteiger charge is -2.19. The molecule has 1 aromatic rings. The van der Waals surface area contributed by atoms with E-state index in [2.05, 4.69) is 10.5 Å².